The highest BCUT2D eigenvalue weighted by molar-refractivity contribution is 5.86. The van der Waals surface area contributed by atoms with Crippen LogP contribution in [0.5, 0.6) is 5.75 Å². The highest BCUT2D eigenvalue weighted by atomic mass is 16.3. The first kappa shape index (κ1) is 19.8. The van der Waals surface area contributed by atoms with Gasteiger partial charge in [0.2, 0.25) is 5.91 Å². The molecule has 4 nitrogen and oxygen atoms in total. The summed E-state index contributed by atoms with van der Waals surface area (Å²) >= 11 is 0. The molecule has 3 N–H and O–H groups in total. The third-order valence-electron chi connectivity index (χ3n) is 5.22. The van der Waals surface area contributed by atoms with Crippen LogP contribution in [-0.4, -0.2) is 23.1 Å². The maximum absolute atomic E-state index is 12.5. The molecule has 1 aromatic carbocycles. The summed E-state index contributed by atoms with van der Waals surface area (Å²) in [4.78, 5) is 12.5. The molecule has 4 heteroatoms. The van der Waals surface area contributed by atoms with E-state index in [1.54, 1.807) is 12.1 Å². The number of fused-ring (bicyclic) bond motifs is 1. The second-order valence-corrected chi connectivity index (χ2v) is 7.72. The van der Waals surface area contributed by atoms with Gasteiger partial charge in [0.25, 0.3) is 0 Å². The molecule has 1 heterocycles. The lowest BCUT2D eigenvalue weighted by Crippen LogP contribution is -2.58. The number of benzene rings is 1. The van der Waals surface area contributed by atoms with Crippen LogP contribution in [0, 0.1) is 5.92 Å². The maximum atomic E-state index is 12.5. The Balaban J connectivity index is 0.000000701. The van der Waals surface area contributed by atoms with Gasteiger partial charge in [-0.1, -0.05) is 52.0 Å². The molecule has 3 rings (SSSR count). The summed E-state index contributed by atoms with van der Waals surface area (Å²) in [5.41, 5.74) is 1.67. The van der Waals surface area contributed by atoms with Crippen LogP contribution in [0.2, 0.25) is 0 Å². The van der Waals surface area contributed by atoms with Crippen molar-refractivity contribution in [2.45, 2.75) is 77.8 Å². The number of phenols is 1. The first-order valence-corrected chi connectivity index (χ1v) is 9.82. The van der Waals surface area contributed by atoms with Crippen molar-refractivity contribution in [3.8, 4) is 5.75 Å². The van der Waals surface area contributed by atoms with Crippen molar-refractivity contribution in [1.29, 1.82) is 0 Å². The Morgan fingerprint density at radius 3 is 2.64 bits per heavy atom. The van der Waals surface area contributed by atoms with E-state index < -0.39 is 5.54 Å². The van der Waals surface area contributed by atoms with Crippen molar-refractivity contribution in [2.24, 2.45) is 5.92 Å². The summed E-state index contributed by atoms with van der Waals surface area (Å²) < 4.78 is 0. The lowest BCUT2D eigenvalue weighted by atomic mass is 9.85. The summed E-state index contributed by atoms with van der Waals surface area (Å²) in [6.45, 7) is 7.62. The summed E-state index contributed by atoms with van der Waals surface area (Å²) in [6, 6.07) is 5.40. The monoisotopic (exact) mass is 346 g/mol. The smallest absolute Gasteiger partial charge is 0.240 e. The topological polar surface area (TPSA) is 61.4 Å². The zero-order valence-electron chi connectivity index (χ0n) is 16.0. The summed E-state index contributed by atoms with van der Waals surface area (Å²) in [5, 5.41) is 16.0. The Morgan fingerprint density at radius 2 is 1.96 bits per heavy atom. The molecule has 0 bridgehead atoms. The molecular weight excluding hydrogens is 312 g/mol. The number of carbonyl (C=O) groups excluding carboxylic acids is 1. The second-order valence-electron chi connectivity index (χ2n) is 7.72. The Kier molecular flexibility index (Phi) is 7.30. The van der Waals surface area contributed by atoms with E-state index in [2.05, 4.69) is 24.5 Å². The lowest BCUT2D eigenvalue weighted by molar-refractivity contribution is -0.127. The summed E-state index contributed by atoms with van der Waals surface area (Å²) in [5.74, 6) is 1.17. The van der Waals surface area contributed by atoms with Gasteiger partial charge in [0, 0.05) is 13.1 Å². The number of nitrogens with one attached hydrogen (secondary N) is 2. The molecular formula is C21H34N2O2. The molecule has 0 radical (unpaired) electrons. The van der Waals surface area contributed by atoms with Gasteiger partial charge in [0.1, 0.15) is 5.75 Å². The van der Waals surface area contributed by atoms with E-state index in [4.69, 9.17) is 0 Å². The van der Waals surface area contributed by atoms with E-state index in [1.165, 1.54) is 32.1 Å². The number of rotatable bonds is 4. The quantitative estimate of drug-likeness (QED) is 0.774. The fourth-order valence-corrected chi connectivity index (χ4v) is 3.73. The van der Waals surface area contributed by atoms with Crippen molar-refractivity contribution in [3.63, 3.8) is 0 Å². The number of aromatic hydroxyl groups is 1. The predicted molar refractivity (Wildman–Crippen MR) is 103 cm³/mol. The molecule has 1 atom stereocenters. The summed E-state index contributed by atoms with van der Waals surface area (Å²) in [7, 11) is 0. The van der Waals surface area contributed by atoms with E-state index in [0.29, 0.717) is 13.0 Å². The van der Waals surface area contributed by atoms with E-state index in [0.717, 1.165) is 30.0 Å². The molecule has 1 saturated carbocycles. The number of hydrogen-bond acceptors (Lipinski definition) is 3. The average molecular weight is 347 g/mol. The second kappa shape index (κ2) is 9.23. The van der Waals surface area contributed by atoms with Gasteiger partial charge in [-0.05, 0) is 48.9 Å². The molecule has 1 unspecified atom stereocenters. The minimum Gasteiger partial charge on any atom is -0.508 e. The van der Waals surface area contributed by atoms with Crippen LogP contribution in [0.25, 0.3) is 0 Å². The van der Waals surface area contributed by atoms with Gasteiger partial charge in [-0.15, -0.1) is 0 Å². The fourth-order valence-electron chi connectivity index (χ4n) is 3.73. The standard InChI is InChI=1S/C18H26N2O2.C3H8/c1-18(17(22)19-9-8-13-4-2-3-5-13)11-14-6-7-16(21)10-15(14)12-20-18;1-3-2/h6-7,10,13,20-21H,2-5,8-9,11-12H2,1H3,(H,19,22);3H2,1-2H3. The van der Waals surface area contributed by atoms with Gasteiger partial charge in [-0.3, -0.25) is 10.1 Å². The minimum absolute atomic E-state index is 0.0872. The van der Waals surface area contributed by atoms with Gasteiger partial charge in [-0.25, -0.2) is 0 Å². The molecule has 1 fully saturated rings. The molecule has 1 aromatic rings. The molecule has 0 aromatic heterocycles. The van der Waals surface area contributed by atoms with Gasteiger partial charge in [0.15, 0.2) is 0 Å². The first-order chi connectivity index (χ1) is 12.0. The first-order valence-electron chi connectivity index (χ1n) is 9.82. The minimum atomic E-state index is -0.556. The summed E-state index contributed by atoms with van der Waals surface area (Å²) in [6.07, 6.45) is 8.36. The van der Waals surface area contributed by atoms with Crippen molar-refractivity contribution in [2.75, 3.05) is 6.54 Å². The number of phenolic OH excluding ortho intramolecular Hbond substituents is 1. The predicted octanol–water partition coefficient (Wildman–Crippen LogP) is 3.91. The SMILES string of the molecule is CC1(C(=O)NCCC2CCCC2)Cc2ccc(O)cc2CN1.CCC. The van der Waals surface area contributed by atoms with Crippen LogP contribution in [0.1, 0.15) is 70.4 Å². The van der Waals surface area contributed by atoms with Gasteiger partial charge >= 0.3 is 0 Å². The molecule has 25 heavy (non-hydrogen) atoms. The molecule has 0 saturated heterocycles. The molecule has 1 aliphatic heterocycles. The van der Waals surface area contributed by atoms with Crippen LogP contribution in [-0.2, 0) is 17.8 Å². The Bertz CT molecular complexity index is 567. The highest BCUT2D eigenvalue weighted by Crippen LogP contribution is 2.28. The van der Waals surface area contributed by atoms with Crippen LogP contribution in [0.3, 0.4) is 0 Å². The fraction of sp³-hybridized carbons (Fsp3) is 0.667. The van der Waals surface area contributed by atoms with Crippen molar-refractivity contribution >= 4 is 5.91 Å². The molecule has 0 spiro atoms. The van der Waals surface area contributed by atoms with Gasteiger partial charge < -0.3 is 10.4 Å². The maximum Gasteiger partial charge on any atom is 0.240 e. The van der Waals surface area contributed by atoms with Crippen molar-refractivity contribution in [3.05, 3.63) is 29.3 Å². The van der Waals surface area contributed by atoms with Crippen LogP contribution >= 0.6 is 0 Å². The van der Waals surface area contributed by atoms with Crippen molar-refractivity contribution < 1.29 is 9.90 Å². The van der Waals surface area contributed by atoms with E-state index in [1.807, 2.05) is 13.0 Å². The van der Waals surface area contributed by atoms with E-state index in [-0.39, 0.29) is 11.7 Å². The largest absolute Gasteiger partial charge is 0.508 e. The Labute approximate surface area is 152 Å². The van der Waals surface area contributed by atoms with Crippen molar-refractivity contribution in [1.82, 2.24) is 10.6 Å². The zero-order valence-corrected chi connectivity index (χ0v) is 16.0. The number of carbonyl (C=O) groups is 1. The molecule has 140 valence electrons. The lowest BCUT2D eigenvalue weighted by Gasteiger charge is -2.35. The van der Waals surface area contributed by atoms with E-state index in [9.17, 15) is 9.90 Å². The average Bonchev–Trinajstić information content (AvgIpc) is 3.09. The zero-order chi connectivity index (χ0) is 18.3. The van der Waals surface area contributed by atoms with Crippen LogP contribution < -0.4 is 10.6 Å². The molecule has 1 amide bonds. The van der Waals surface area contributed by atoms with Gasteiger partial charge in [0.05, 0.1) is 5.54 Å². The Hall–Kier alpha value is -1.55. The Morgan fingerprint density at radius 1 is 1.28 bits per heavy atom. The number of hydrogen-bond donors (Lipinski definition) is 3. The van der Waals surface area contributed by atoms with Crippen LogP contribution in [0.15, 0.2) is 18.2 Å². The third kappa shape index (κ3) is 5.46. The molecule has 1 aliphatic carbocycles. The van der Waals surface area contributed by atoms with Gasteiger partial charge in [-0.2, -0.15) is 0 Å². The van der Waals surface area contributed by atoms with Crippen LogP contribution in [0.4, 0.5) is 0 Å². The van der Waals surface area contributed by atoms with E-state index >= 15 is 0 Å². The third-order valence-corrected chi connectivity index (χ3v) is 5.22. The normalized spacial score (nSPS) is 22.7. The number of amides is 1. The molecule has 2 aliphatic rings. The highest BCUT2D eigenvalue weighted by Gasteiger charge is 2.36.